The predicted octanol–water partition coefficient (Wildman–Crippen LogP) is 1.29. The van der Waals surface area contributed by atoms with Crippen molar-refractivity contribution < 1.29 is 19.5 Å². The Morgan fingerprint density at radius 1 is 1.17 bits per heavy atom. The number of carbonyl (C=O) groups excluding carboxylic acids is 2. The Labute approximate surface area is 138 Å². The summed E-state index contributed by atoms with van der Waals surface area (Å²) in [7, 11) is 0. The Bertz CT molecular complexity index is 725. The number of nitrogens with zero attached hydrogens (tertiary/aromatic N) is 2. The van der Waals surface area contributed by atoms with E-state index in [1.165, 1.54) is 23.7 Å². The SMILES string of the molecule is CC(NC(=O)c1ccc(NC(=O)C(C)n2cccn2)cc1)C(=O)O. The number of carboxylic acids is 1. The molecule has 2 unspecified atom stereocenters. The molecule has 2 aromatic rings. The van der Waals surface area contributed by atoms with Crippen LogP contribution < -0.4 is 10.6 Å². The van der Waals surface area contributed by atoms with E-state index in [1.807, 2.05) is 0 Å². The molecule has 0 saturated heterocycles. The highest BCUT2D eigenvalue weighted by molar-refractivity contribution is 5.98. The van der Waals surface area contributed by atoms with Crippen LogP contribution >= 0.6 is 0 Å². The fourth-order valence-electron chi connectivity index (χ4n) is 1.92. The zero-order valence-electron chi connectivity index (χ0n) is 13.3. The number of amides is 2. The molecule has 24 heavy (non-hydrogen) atoms. The van der Waals surface area contributed by atoms with Crippen LogP contribution in [0.15, 0.2) is 42.7 Å². The standard InChI is InChI=1S/C16H18N4O4/c1-10(16(23)24)18-15(22)12-4-6-13(7-5-12)19-14(21)11(2)20-9-3-8-17-20/h3-11H,1-2H3,(H,18,22)(H,19,21)(H,23,24). The Morgan fingerprint density at radius 2 is 1.83 bits per heavy atom. The van der Waals surface area contributed by atoms with Crippen LogP contribution in [-0.2, 0) is 9.59 Å². The molecule has 0 radical (unpaired) electrons. The van der Waals surface area contributed by atoms with E-state index in [0.29, 0.717) is 11.3 Å². The van der Waals surface area contributed by atoms with Crippen LogP contribution in [-0.4, -0.2) is 38.7 Å². The molecule has 2 atom stereocenters. The van der Waals surface area contributed by atoms with E-state index in [4.69, 9.17) is 5.11 Å². The molecule has 0 spiro atoms. The van der Waals surface area contributed by atoms with Crippen LogP contribution in [0.5, 0.6) is 0 Å². The topological polar surface area (TPSA) is 113 Å². The maximum Gasteiger partial charge on any atom is 0.325 e. The minimum atomic E-state index is -1.11. The van der Waals surface area contributed by atoms with Gasteiger partial charge >= 0.3 is 5.97 Å². The van der Waals surface area contributed by atoms with Gasteiger partial charge in [-0.2, -0.15) is 5.10 Å². The summed E-state index contributed by atoms with van der Waals surface area (Å²) in [5.41, 5.74) is 0.836. The van der Waals surface area contributed by atoms with Crippen LogP contribution in [0.1, 0.15) is 30.2 Å². The van der Waals surface area contributed by atoms with E-state index in [1.54, 1.807) is 37.5 Å². The molecule has 0 bridgehead atoms. The minimum Gasteiger partial charge on any atom is -0.480 e. The van der Waals surface area contributed by atoms with Crippen molar-refractivity contribution in [1.29, 1.82) is 0 Å². The molecular weight excluding hydrogens is 312 g/mol. The van der Waals surface area contributed by atoms with Crippen LogP contribution in [0.3, 0.4) is 0 Å². The molecule has 1 heterocycles. The number of anilines is 1. The number of hydrogen-bond donors (Lipinski definition) is 3. The number of carboxylic acid groups (broad SMARTS) is 1. The fourth-order valence-corrected chi connectivity index (χ4v) is 1.92. The number of rotatable bonds is 6. The average Bonchev–Trinajstić information content (AvgIpc) is 3.08. The van der Waals surface area contributed by atoms with E-state index >= 15 is 0 Å². The number of hydrogen-bond acceptors (Lipinski definition) is 4. The highest BCUT2D eigenvalue weighted by Crippen LogP contribution is 2.13. The van der Waals surface area contributed by atoms with Crippen molar-refractivity contribution in [3.8, 4) is 0 Å². The Balaban J connectivity index is 1.98. The van der Waals surface area contributed by atoms with Crippen LogP contribution in [0, 0.1) is 0 Å². The van der Waals surface area contributed by atoms with Crippen LogP contribution in [0.2, 0.25) is 0 Å². The maximum absolute atomic E-state index is 12.1. The van der Waals surface area contributed by atoms with Gasteiger partial charge < -0.3 is 15.7 Å². The second-order valence-corrected chi connectivity index (χ2v) is 5.26. The zero-order chi connectivity index (χ0) is 17.7. The van der Waals surface area contributed by atoms with Gasteiger partial charge in [0.25, 0.3) is 5.91 Å². The second kappa shape index (κ2) is 7.40. The molecular formula is C16H18N4O4. The summed E-state index contributed by atoms with van der Waals surface area (Å²) in [6.07, 6.45) is 3.29. The predicted molar refractivity (Wildman–Crippen MR) is 86.6 cm³/mol. The van der Waals surface area contributed by atoms with Crippen molar-refractivity contribution in [3.05, 3.63) is 48.3 Å². The van der Waals surface area contributed by atoms with Crippen molar-refractivity contribution in [2.75, 3.05) is 5.32 Å². The summed E-state index contributed by atoms with van der Waals surface area (Å²) in [5, 5.41) is 17.9. The smallest absolute Gasteiger partial charge is 0.325 e. The molecule has 2 rings (SSSR count). The van der Waals surface area contributed by atoms with E-state index in [9.17, 15) is 14.4 Å². The lowest BCUT2D eigenvalue weighted by molar-refractivity contribution is -0.138. The second-order valence-electron chi connectivity index (χ2n) is 5.26. The summed E-state index contributed by atoms with van der Waals surface area (Å²) in [5.74, 6) is -1.84. The third kappa shape index (κ3) is 4.19. The lowest BCUT2D eigenvalue weighted by atomic mass is 10.1. The van der Waals surface area contributed by atoms with Crippen molar-refractivity contribution in [2.45, 2.75) is 25.9 Å². The van der Waals surface area contributed by atoms with Crippen molar-refractivity contribution in [2.24, 2.45) is 0 Å². The highest BCUT2D eigenvalue weighted by atomic mass is 16.4. The number of benzene rings is 1. The molecule has 8 heteroatoms. The van der Waals surface area contributed by atoms with Gasteiger partial charge in [0.1, 0.15) is 12.1 Å². The maximum atomic E-state index is 12.1. The van der Waals surface area contributed by atoms with Gasteiger partial charge in [-0.25, -0.2) is 0 Å². The molecule has 0 fully saturated rings. The summed E-state index contributed by atoms with van der Waals surface area (Å²) >= 11 is 0. The first-order valence-corrected chi connectivity index (χ1v) is 7.32. The normalized spacial score (nSPS) is 12.9. The monoisotopic (exact) mass is 330 g/mol. The molecule has 1 aromatic carbocycles. The third-order valence-corrected chi connectivity index (χ3v) is 3.43. The lowest BCUT2D eigenvalue weighted by Gasteiger charge is -2.13. The molecule has 1 aromatic heterocycles. The van der Waals surface area contributed by atoms with Crippen molar-refractivity contribution >= 4 is 23.5 Å². The minimum absolute atomic E-state index is 0.240. The molecule has 126 valence electrons. The Hall–Kier alpha value is -3.16. The first-order chi connectivity index (χ1) is 11.4. The van der Waals surface area contributed by atoms with Gasteiger partial charge in [-0.05, 0) is 44.2 Å². The van der Waals surface area contributed by atoms with E-state index in [0.717, 1.165) is 0 Å². The number of carbonyl (C=O) groups is 3. The third-order valence-electron chi connectivity index (χ3n) is 3.43. The van der Waals surface area contributed by atoms with Crippen molar-refractivity contribution in [1.82, 2.24) is 15.1 Å². The number of aliphatic carboxylic acids is 1. The Morgan fingerprint density at radius 3 is 2.38 bits per heavy atom. The van der Waals surface area contributed by atoms with Gasteiger partial charge in [0.05, 0.1) is 0 Å². The van der Waals surface area contributed by atoms with Gasteiger partial charge in [-0.15, -0.1) is 0 Å². The molecule has 3 N–H and O–H groups in total. The van der Waals surface area contributed by atoms with Gasteiger partial charge in [-0.1, -0.05) is 0 Å². The van der Waals surface area contributed by atoms with Gasteiger partial charge in [0, 0.05) is 23.6 Å². The molecule has 0 aliphatic rings. The molecule has 0 aliphatic heterocycles. The van der Waals surface area contributed by atoms with Crippen molar-refractivity contribution in [3.63, 3.8) is 0 Å². The first-order valence-electron chi connectivity index (χ1n) is 7.32. The quantitative estimate of drug-likeness (QED) is 0.738. The molecule has 0 saturated carbocycles. The highest BCUT2D eigenvalue weighted by Gasteiger charge is 2.17. The van der Waals surface area contributed by atoms with Gasteiger partial charge in [0.15, 0.2) is 0 Å². The van der Waals surface area contributed by atoms with Gasteiger partial charge in [0.2, 0.25) is 5.91 Å². The van der Waals surface area contributed by atoms with E-state index < -0.39 is 24.0 Å². The fraction of sp³-hybridized carbons (Fsp3) is 0.250. The van der Waals surface area contributed by atoms with Gasteiger partial charge in [-0.3, -0.25) is 19.1 Å². The number of aromatic nitrogens is 2. The van der Waals surface area contributed by atoms with Crippen LogP contribution in [0.25, 0.3) is 0 Å². The largest absolute Gasteiger partial charge is 0.480 e. The van der Waals surface area contributed by atoms with E-state index in [2.05, 4.69) is 15.7 Å². The molecule has 2 amide bonds. The lowest BCUT2D eigenvalue weighted by Crippen LogP contribution is -2.38. The zero-order valence-corrected chi connectivity index (χ0v) is 13.3. The van der Waals surface area contributed by atoms with E-state index in [-0.39, 0.29) is 5.91 Å². The summed E-state index contributed by atoms with van der Waals surface area (Å²) < 4.78 is 1.53. The first kappa shape index (κ1) is 17.2. The number of nitrogens with one attached hydrogen (secondary N) is 2. The average molecular weight is 330 g/mol. The van der Waals surface area contributed by atoms with Crippen LogP contribution in [0.4, 0.5) is 5.69 Å². The summed E-state index contributed by atoms with van der Waals surface area (Å²) in [6, 6.07) is 6.46. The Kier molecular flexibility index (Phi) is 5.31. The molecule has 0 aliphatic carbocycles. The molecule has 8 nitrogen and oxygen atoms in total. The summed E-state index contributed by atoms with van der Waals surface area (Å²) in [4.78, 5) is 34.8. The summed E-state index contributed by atoms with van der Waals surface area (Å²) in [6.45, 7) is 3.10.